The van der Waals surface area contributed by atoms with Crippen molar-refractivity contribution in [2.45, 2.75) is 19.6 Å². The molecule has 6 nitrogen and oxygen atoms in total. The van der Waals surface area contributed by atoms with Crippen LogP contribution in [0, 0.1) is 11.6 Å². The number of rotatable bonds is 10. The highest BCUT2D eigenvalue weighted by Crippen LogP contribution is 2.31. The Bertz CT molecular complexity index is 1180. The predicted molar refractivity (Wildman–Crippen MR) is 122 cm³/mol. The zero-order valence-electron chi connectivity index (χ0n) is 18.3. The zero-order valence-corrected chi connectivity index (χ0v) is 18.3. The average molecular weight is 453 g/mol. The first-order valence-electron chi connectivity index (χ1n) is 10.6. The van der Waals surface area contributed by atoms with Crippen LogP contribution in [0.25, 0.3) is 11.1 Å². The molecule has 4 rings (SSSR count). The Labute approximate surface area is 190 Å². The third-order valence-electron chi connectivity index (χ3n) is 5.22. The van der Waals surface area contributed by atoms with Gasteiger partial charge in [-0.1, -0.05) is 24.3 Å². The second-order valence-electron chi connectivity index (χ2n) is 7.50. The highest BCUT2D eigenvalue weighted by molar-refractivity contribution is 5.74. The fourth-order valence-electron chi connectivity index (χ4n) is 3.49. The Hall–Kier alpha value is -3.65. The molecule has 4 aromatic rings. The number of hydrogen-bond acceptors (Lipinski definition) is 6. The Kier molecular flexibility index (Phi) is 7.04. The van der Waals surface area contributed by atoms with Crippen molar-refractivity contribution in [1.82, 2.24) is 4.98 Å². The molecule has 0 aliphatic rings. The molecule has 0 radical (unpaired) electrons. The zero-order chi connectivity index (χ0) is 23.2. The standard InChI is InChI=1S/C25H25F2N3O3/c1-31-24-14-17(10-11-23(24)32-16-18-19(26)6-4-7-20(18)27)15-30(13-5-12-28)25-29-21-8-2-3-9-22(21)33-25/h2-4,6-11,14H,5,12-13,15-16,28H2,1H3. The molecular weight excluding hydrogens is 428 g/mol. The minimum absolute atomic E-state index is 0.132. The van der Waals surface area contributed by atoms with E-state index in [1.165, 1.54) is 25.3 Å². The number of fused-ring (bicyclic) bond motifs is 1. The SMILES string of the molecule is COc1cc(CN(CCCN)c2nc3ccccc3o2)ccc1OCc1c(F)cccc1F. The van der Waals surface area contributed by atoms with Crippen molar-refractivity contribution >= 4 is 17.1 Å². The lowest BCUT2D eigenvalue weighted by Crippen LogP contribution is -2.26. The molecular formula is C25H25F2N3O3. The molecule has 0 saturated heterocycles. The van der Waals surface area contributed by atoms with Gasteiger partial charge < -0.3 is 24.5 Å². The molecule has 0 spiro atoms. The minimum Gasteiger partial charge on any atom is -0.493 e. The van der Waals surface area contributed by atoms with Crippen molar-refractivity contribution < 1.29 is 22.7 Å². The molecule has 33 heavy (non-hydrogen) atoms. The quantitative estimate of drug-likeness (QED) is 0.362. The number of methoxy groups -OCH3 is 1. The lowest BCUT2D eigenvalue weighted by atomic mass is 10.1. The molecule has 0 aliphatic carbocycles. The summed E-state index contributed by atoms with van der Waals surface area (Å²) in [5.74, 6) is -0.459. The number of para-hydroxylation sites is 2. The van der Waals surface area contributed by atoms with E-state index in [0.29, 0.717) is 42.7 Å². The van der Waals surface area contributed by atoms with E-state index < -0.39 is 11.6 Å². The summed E-state index contributed by atoms with van der Waals surface area (Å²) in [7, 11) is 1.52. The van der Waals surface area contributed by atoms with Crippen molar-refractivity contribution in [3.63, 3.8) is 0 Å². The van der Waals surface area contributed by atoms with Crippen LogP contribution in [0.3, 0.4) is 0 Å². The largest absolute Gasteiger partial charge is 0.493 e. The molecule has 1 heterocycles. The smallest absolute Gasteiger partial charge is 0.298 e. The maximum Gasteiger partial charge on any atom is 0.298 e. The summed E-state index contributed by atoms with van der Waals surface area (Å²) in [5, 5.41) is 0. The van der Waals surface area contributed by atoms with Crippen LogP contribution in [0.2, 0.25) is 0 Å². The van der Waals surface area contributed by atoms with Gasteiger partial charge in [0.25, 0.3) is 6.01 Å². The first kappa shape index (κ1) is 22.5. The molecule has 2 N–H and O–H groups in total. The number of nitrogens with zero attached hydrogens (tertiary/aromatic N) is 2. The first-order chi connectivity index (χ1) is 16.1. The van der Waals surface area contributed by atoms with Gasteiger partial charge in [0.05, 0.1) is 12.7 Å². The first-order valence-corrected chi connectivity index (χ1v) is 10.6. The highest BCUT2D eigenvalue weighted by Gasteiger charge is 2.16. The number of anilines is 1. The maximum absolute atomic E-state index is 13.9. The van der Waals surface area contributed by atoms with Gasteiger partial charge in [-0.15, -0.1) is 0 Å². The van der Waals surface area contributed by atoms with Gasteiger partial charge in [-0.25, -0.2) is 8.78 Å². The van der Waals surface area contributed by atoms with E-state index in [-0.39, 0.29) is 12.2 Å². The number of nitrogens with two attached hydrogens (primary N) is 1. The molecule has 0 amide bonds. The van der Waals surface area contributed by atoms with E-state index in [9.17, 15) is 8.78 Å². The third kappa shape index (κ3) is 5.23. The molecule has 0 saturated carbocycles. The van der Waals surface area contributed by atoms with E-state index in [1.807, 2.05) is 41.3 Å². The number of ether oxygens (including phenoxy) is 2. The van der Waals surface area contributed by atoms with E-state index in [2.05, 4.69) is 4.98 Å². The molecule has 0 atom stereocenters. The lowest BCUT2D eigenvalue weighted by Gasteiger charge is -2.21. The van der Waals surface area contributed by atoms with Crippen LogP contribution in [0.1, 0.15) is 17.5 Å². The summed E-state index contributed by atoms with van der Waals surface area (Å²) < 4.78 is 44.9. The molecule has 3 aromatic carbocycles. The van der Waals surface area contributed by atoms with Gasteiger partial charge in [0.15, 0.2) is 17.1 Å². The maximum atomic E-state index is 13.9. The van der Waals surface area contributed by atoms with E-state index in [0.717, 1.165) is 17.5 Å². The monoisotopic (exact) mass is 453 g/mol. The second-order valence-corrected chi connectivity index (χ2v) is 7.50. The van der Waals surface area contributed by atoms with Crippen LogP contribution >= 0.6 is 0 Å². The van der Waals surface area contributed by atoms with Gasteiger partial charge in [0, 0.05) is 13.1 Å². The summed E-state index contributed by atoms with van der Waals surface area (Å²) in [6.07, 6.45) is 0.769. The second kappa shape index (κ2) is 10.3. The molecule has 0 unspecified atom stereocenters. The molecule has 172 valence electrons. The summed E-state index contributed by atoms with van der Waals surface area (Å²) >= 11 is 0. The van der Waals surface area contributed by atoms with Crippen molar-refractivity contribution in [1.29, 1.82) is 0 Å². The lowest BCUT2D eigenvalue weighted by molar-refractivity contribution is 0.274. The summed E-state index contributed by atoms with van der Waals surface area (Å²) in [4.78, 5) is 6.60. The summed E-state index contributed by atoms with van der Waals surface area (Å²) in [5.41, 5.74) is 8.02. The van der Waals surface area contributed by atoms with E-state index >= 15 is 0 Å². The molecule has 1 aromatic heterocycles. The van der Waals surface area contributed by atoms with Crippen LogP contribution in [-0.2, 0) is 13.2 Å². The number of oxazole rings is 1. The minimum atomic E-state index is -0.653. The summed E-state index contributed by atoms with van der Waals surface area (Å²) in [6, 6.07) is 17.2. The third-order valence-corrected chi connectivity index (χ3v) is 5.22. The van der Waals surface area contributed by atoms with Crippen molar-refractivity contribution in [3.05, 3.63) is 83.4 Å². The fourth-order valence-corrected chi connectivity index (χ4v) is 3.49. The highest BCUT2D eigenvalue weighted by atomic mass is 19.1. The van der Waals surface area contributed by atoms with Crippen LogP contribution < -0.4 is 20.1 Å². The average Bonchev–Trinajstić information content (AvgIpc) is 3.26. The summed E-state index contributed by atoms with van der Waals surface area (Å²) in [6.45, 7) is 1.46. The molecule has 0 aliphatic heterocycles. The van der Waals surface area contributed by atoms with E-state index in [1.54, 1.807) is 6.07 Å². The van der Waals surface area contributed by atoms with Gasteiger partial charge >= 0.3 is 0 Å². The van der Waals surface area contributed by atoms with Crippen LogP contribution in [0.4, 0.5) is 14.8 Å². The Morgan fingerprint density at radius 3 is 2.52 bits per heavy atom. The Morgan fingerprint density at radius 1 is 1.00 bits per heavy atom. The van der Waals surface area contributed by atoms with Gasteiger partial charge in [0.2, 0.25) is 0 Å². The molecule has 8 heteroatoms. The van der Waals surface area contributed by atoms with Crippen molar-refractivity contribution in [2.75, 3.05) is 25.1 Å². The number of hydrogen-bond donors (Lipinski definition) is 1. The normalized spacial score (nSPS) is 11.0. The van der Waals surface area contributed by atoms with Gasteiger partial charge in [0.1, 0.15) is 23.8 Å². The number of halogens is 2. The van der Waals surface area contributed by atoms with Crippen molar-refractivity contribution in [2.24, 2.45) is 5.73 Å². The Morgan fingerprint density at radius 2 is 1.79 bits per heavy atom. The van der Waals surface area contributed by atoms with Gasteiger partial charge in [-0.2, -0.15) is 4.98 Å². The van der Waals surface area contributed by atoms with Crippen LogP contribution in [0.5, 0.6) is 11.5 Å². The number of aromatic nitrogens is 1. The van der Waals surface area contributed by atoms with E-state index in [4.69, 9.17) is 19.6 Å². The van der Waals surface area contributed by atoms with Crippen LogP contribution in [0.15, 0.2) is 65.1 Å². The molecule has 0 fully saturated rings. The van der Waals surface area contributed by atoms with Gasteiger partial charge in [-0.3, -0.25) is 0 Å². The topological polar surface area (TPSA) is 73.8 Å². The van der Waals surface area contributed by atoms with Crippen molar-refractivity contribution in [3.8, 4) is 11.5 Å². The Balaban J connectivity index is 1.53. The van der Waals surface area contributed by atoms with Crippen LogP contribution in [-0.4, -0.2) is 25.2 Å². The van der Waals surface area contributed by atoms with Gasteiger partial charge in [-0.05, 0) is 54.9 Å². The predicted octanol–water partition coefficient (Wildman–Crippen LogP) is 5.05. The molecule has 0 bridgehead atoms. The fraction of sp³-hybridized carbons (Fsp3) is 0.240. The number of benzene rings is 3.